The SMILES string of the molecule is Cc1ccc(Sc2csc(-c3ccc(C)cc3)n2)cc1. The molecule has 1 heterocycles. The summed E-state index contributed by atoms with van der Waals surface area (Å²) in [7, 11) is 0. The van der Waals surface area contributed by atoms with Crippen molar-refractivity contribution in [2.75, 3.05) is 0 Å². The van der Waals surface area contributed by atoms with Crippen LogP contribution in [0, 0.1) is 13.8 Å². The molecule has 1 aromatic heterocycles. The Balaban J connectivity index is 1.80. The highest BCUT2D eigenvalue weighted by molar-refractivity contribution is 7.99. The zero-order valence-electron chi connectivity index (χ0n) is 11.5. The smallest absolute Gasteiger partial charge is 0.124 e. The molecular weight excluding hydrogens is 282 g/mol. The van der Waals surface area contributed by atoms with Gasteiger partial charge in [-0.15, -0.1) is 11.3 Å². The molecule has 3 heteroatoms. The standard InChI is InChI=1S/C17H15NS2/c1-12-3-7-14(8-4-12)17-18-16(11-19-17)20-15-9-5-13(2)6-10-15/h3-11H,1-2H3. The van der Waals surface area contributed by atoms with Gasteiger partial charge in [-0.3, -0.25) is 0 Å². The molecule has 0 aliphatic heterocycles. The summed E-state index contributed by atoms with van der Waals surface area (Å²) in [4.78, 5) is 5.94. The molecule has 100 valence electrons. The lowest BCUT2D eigenvalue weighted by Gasteiger charge is -1.99. The number of benzene rings is 2. The first-order chi connectivity index (χ1) is 9.70. The third-order valence-electron chi connectivity index (χ3n) is 3.03. The van der Waals surface area contributed by atoms with Crippen LogP contribution in [-0.4, -0.2) is 4.98 Å². The van der Waals surface area contributed by atoms with Crippen molar-refractivity contribution >= 4 is 23.1 Å². The van der Waals surface area contributed by atoms with Crippen molar-refractivity contribution in [1.29, 1.82) is 0 Å². The Morgan fingerprint density at radius 2 is 1.45 bits per heavy atom. The van der Waals surface area contributed by atoms with E-state index in [2.05, 4.69) is 67.8 Å². The van der Waals surface area contributed by atoms with E-state index in [-0.39, 0.29) is 0 Å². The van der Waals surface area contributed by atoms with E-state index in [0.717, 1.165) is 10.0 Å². The Labute approximate surface area is 127 Å². The van der Waals surface area contributed by atoms with Gasteiger partial charge in [-0.05, 0) is 26.0 Å². The van der Waals surface area contributed by atoms with E-state index < -0.39 is 0 Å². The minimum Gasteiger partial charge on any atom is -0.229 e. The molecule has 3 rings (SSSR count). The van der Waals surface area contributed by atoms with Gasteiger partial charge >= 0.3 is 0 Å². The van der Waals surface area contributed by atoms with Gasteiger partial charge in [0, 0.05) is 15.8 Å². The number of hydrogen-bond donors (Lipinski definition) is 0. The maximum Gasteiger partial charge on any atom is 0.124 e. The molecule has 0 spiro atoms. The summed E-state index contributed by atoms with van der Waals surface area (Å²) in [6, 6.07) is 17.1. The Hall–Kier alpha value is -1.58. The molecule has 0 unspecified atom stereocenters. The highest BCUT2D eigenvalue weighted by Gasteiger charge is 2.06. The minimum absolute atomic E-state index is 1.06. The van der Waals surface area contributed by atoms with Gasteiger partial charge in [-0.25, -0.2) is 4.98 Å². The fourth-order valence-corrected chi connectivity index (χ4v) is 3.60. The van der Waals surface area contributed by atoms with Gasteiger partial charge in [-0.1, -0.05) is 59.3 Å². The number of thiazole rings is 1. The molecule has 0 amide bonds. The van der Waals surface area contributed by atoms with Crippen molar-refractivity contribution in [3.63, 3.8) is 0 Å². The van der Waals surface area contributed by atoms with Crippen LogP contribution in [0.5, 0.6) is 0 Å². The molecule has 2 aromatic carbocycles. The van der Waals surface area contributed by atoms with Gasteiger partial charge < -0.3 is 0 Å². The second kappa shape index (κ2) is 5.81. The molecule has 1 nitrogen and oxygen atoms in total. The lowest BCUT2D eigenvalue weighted by Crippen LogP contribution is -1.78. The summed E-state index contributed by atoms with van der Waals surface area (Å²) >= 11 is 3.41. The van der Waals surface area contributed by atoms with Crippen molar-refractivity contribution in [2.45, 2.75) is 23.8 Å². The third-order valence-corrected chi connectivity index (χ3v) is 4.99. The van der Waals surface area contributed by atoms with Crippen LogP contribution in [0.4, 0.5) is 0 Å². The third kappa shape index (κ3) is 3.11. The highest BCUT2D eigenvalue weighted by atomic mass is 32.2. The van der Waals surface area contributed by atoms with E-state index in [0.29, 0.717) is 0 Å². The highest BCUT2D eigenvalue weighted by Crippen LogP contribution is 2.32. The predicted octanol–water partition coefficient (Wildman–Crippen LogP) is 5.58. The van der Waals surface area contributed by atoms with Crippen LogP contribution in [-0.2, 0) is 0 Å². The van der Waals surface area contributed by atoms with Crippen LogP contribution in [0.2, 0.25) is 0 Å². The number of rotatable bonds is 3. The number of hydrogen-bond acceptors (Lipinski definition) is 3. The molecule has 20 heavy (non-hydrogen) atoms. The molecule has 3 aromatic rings. The summed E-state index contributed by atoms with van der Waals surface area (Å²) in [6.45, 7) is 4.21. The molecule has 0 bridgehead atoms. The van der Waals surface area contributed by atoms with E-state index in [1.54, 1.807) is 23.1 Å². The van der Waals surface area contributed by atoms with Crippen LogP contribution < -0.4 is 0 Å². The fourth-order valence-electron chi connectivity index (χ4n) is 1.86. The molecule has 0 saturated carbocycles. The van der Waals surface area contributed by atoms with E-state index in [1.165, 1.54) is 21.6 Å². The van der Waals surface area contributed by atoms with Gasteiger partial charge in [0.15, 0.2) is 0 Å². The first kappa shape index (κ1) is 13.4. The Bertz CT molecular complexity index is 697. The largest absolute Gasteiger partial charge is 0.229 e. The first-order valence-electron chi connectivity index (χ1n) is 6.48. The average Bonchev–Trinajstić information content (AvgIpc) is 2.91. The lowest BCUT2D eigenvalue weighted by atomic mass is 10.2. The van der Waals surface area contributed by atoms with Gasteiger partial charge in [-0.2, -0.15) is 0 Å². The maximum atomic E-state index is 4.71. The Morgan fingerprint density at radius 1 is 0.850 bits per heavy atom. The summed E-state index contributed by atoms with van der Waals surface area (Å²) in [5, 5.41) is 4.27. The maximum absolute atomic E-state index is 4.71. The van der Waals surface area contributed by atoms with Crippen LogP contribution in [0.3, 0.4) is 0 Å². The monoisotopic (exact) mass is 297 g/mol. The van der Waals surface area contributed by atoms with Crippen molar-refractivity contribution in [1.82, 2.24) is 4.98 Å². The van der Waals surface area contributed by atoms with Crippen LogP contribution in [0.1, 0.15) is 11.1 Å². The zero-order chi connectivity index (χ0) is 13.9. The van der Waals surface area contributed by atoms with Crippen molar-refractivity contribution in [3.05, 3.63) is 65.0 Å². The summed E-state index contributed by atoms with van der Waals surface area (Å²) in [5.41, 5.74) is 3.75. The predicted molar refractivity (Wildman–Crippen MR) is 87.6 cm³/mol. The van der Waals surface area contributed by atoms with Crippen LogP contribution >= 0.6 is 23.1 Å². The van der Waals surface area contributed by atoms with E-state index in [9.17, 15) is 0 Å². The number of aryl methyl sites for hydroxylation is 2. The molecule has 0 fully saturated rings. The zero-order valence-corrected chi connectivity index (χ0v) is 13.1. The molecular formula is C17H15NS2. The Kier molecular flexibility index (Phi) is 3.90. The molecule has 0 N–H and O–H groups in total. The number of aromatic nitrogens is 1. The molecule has 0 aliphatic rings. The van der Waals surface area contributed by atoms with Crippen LogP contribution in [0.15, 0.2) is 63.8 Å². The molecule has 0 saturated heterocycles. The second-order valence-electron chi connectivity index (χ2n) is 4.77. The van der Waals surface area contributed by atoms with Gasteiger partial charge in [0.25, 0.3) is 0 Å². The topological polar surface area (TPSA) is 12.9 Å². The fraction of sp³-hybridized carbons (Fsp3) is 0.118. The van der Waals surface area contributed by atoms with Gasteiger partial charge in [0.1, 0.15) is 10.0 Å². The normalized spacial score (nSPS) is 10.7. The molecule has 0 atom stereocenters. The summed E-state index contributed by atoms with van der Waals surface area (Å²) in [6.07, 6.45) is 0. The minimum atomic E-state index is 1.06. The van der Waals surface area contributed by atoms with Crippen molar-refractivity contribution < 1.29 is 0 Å². The quantitative estimate of drug-likeness (QED) is 0.626. The molecule has 0 aliphatic carbocycles. The average molecular weight is 297 g/mol. The van der Waals surface area contributed by atoms with Crippen molar-refractivity contribution in [2.24, 2.45) is 0 Å². The van der Waals surface area contributed by atoms with E-state index >= 15 is 0 Å². The van der Waals surface area contributed by atoms with Crippen molar-refractivity contribution in [3.8, 4) is 10.6 Å². The van der Waals surface area contributed by atoms with Gasteiger partial charge in [0.05, 0.1) is 0 Å². The molecule has 0 radical (unpaired) electrons. The lowest BCUT2D eigenvalue weighted by molar-refractivity contribution is 1.20. The first-order valence-corrected chi connectivity index (χ1v) is 8.17. The van der Waals surface area contributed by atoms with E-state index in [1.807, 2.05) is 0 Å². The number of nitrogens with zero attached hydrogens (tertiary/aromatic N) is 1. The summed E-state index contributed by atoms with van der Waals surface area (Å²) < 4.78 is 0. The van der Waals surface area contributed by atoms with Gasteiger partial charge in [0.2, 0.25) is 0 Å². The van der Waals surface area contributed by atoms with E-state index in [4.69, 9.17) is 4.98 Å². The Morgan fingerprint density at radius 3 is 2.10 bits per heavy atom. The second-order valence-corrected chi connectivity index (χ2v) is 6.72. The summed E-state index contributed by atoms with van der Waals surface area (Å²) in [5.74, 6) is 0. The van der Waals surface area contributed by atoms with Crippen LogP contribution in [0.25, 0.3) is 10.6 Å².